The van der Waals surface area contributed by atoms with Gasteiger partial charge in [0.05, 0.1) is 0 Å². The van der Waals surface area contributed by atoms with Crippen molar-refractivity contribution in [3.05, 3.63) is 71.4 Å². The fraction of sp³-hybridized carbons (Fsp3) is 0.318. The van der Waals surface area contributed by atoms with Crippen LogP contribution >= 0.6 is 0 Å². The molecule has 2 amide bonds. The van der Waals surface area contributed by atoms with Gasteiger partial charge in [-0.3, -0.25) is 19.6 Å². The van der Waals surface area contributed by atoms with Crippen LogP contribution in [0, 0.1) is 11.8 Å². The molecular formula is C22H22N6O2. The smallest absolute Gasteiger partial charge is 0.291 e. The molecule has 2 N–H and O–H groups in total. The zero-order chi connectivity index (χ0) is 20.8. The van der Waals surface area contributed by atoms with Gasteiger partial charge in [0, 0.05) is 19.7 Å². The largest absolute Gasteiger partial charge is 0.337 e. The molecule has 2 aliphatic rings. The average molecular weight is 402 g/mol. The van der Waals surface area contributed by atoms with E-state index >= 15 is 0 Å². The predicted molar refractivity (Wildman–Crippen MR) is 110 cm³/mol. The molecule has 8 heteroatoms. The number of aromatic nitrogens is 4. The molecule has 1 fully saturated rings. The lowest BCUT2D eigenvalue weighted by Crippen LogP contribution is -2.49. The number of carbonyl (C=O) groups excluding carboxylic acids is 2. The predicted octanol–water partition coefficient (Wildman–Crippen LogP) is 1.91. The molecule has 0 saturated heterocycles. The fourth-order valence-corrected chi connectivity index (χ4v) is 4.55. The summed E-state index contributed by atoms with van der Waals surface area (Å²) < 4.78 is 0. The van der Waals surface area contributed by atoms with Crippen molar-refractivity contribution in [1.29, 1.82) is 0 Å². The Hall–Kier alpha value is -3.55. The van der Waals surface area contributed by atoms with Crippen LogP contribution in [0.3, 0.4) is 0 Å². The number of carbonyl (C=O) groups is 2. The normalized spacial score (nSPS) is 24.6. The number of hydrogen-bond donors (Lipinski definition) is 2. The number of aromatic amines is 1. The van der Waals surface area contributed by atoms with E-state index in [1.807, 2.05) is 42.5 Å². The van der Waals surface area contributed by atoms with Gasteiger partial charge in [-0.15, -0.1) is 5.10 Å². The number of likely N-dealkylation sites (N-methyl/N-ethyl adjacent to an activating group) is 1. The zero-order valence-corrected chi connectivity index (χ0v) is 16.7. The Labute approximate surface area is 173 Å². The average Bonchev–Trinajstić information content (AvgIpc) is 3.21. The maximum absolute atomic E-state index is 13.1. The highest BCUT2D eigenvalue weighted by Gasteiger charge is 2.58. The number of nitrogens with one attached hydrogen (secondary N) is 2. The van der Waals surface area contributed by atoms with Gasteiger partial charge in [-0.2, -0.15) is 0 Å². The van der Waals surface area contributed by atoms with E-state index in [0.717, 1.165) is 11.1 Å². The standard InChI is InChI=1S/C22H22N6O2/c1-12-16-14-9-6-10-23-20(14)28(2)22(30)18(17(12)16)25-21(29)19-24-15(26-27-19)11-13-7-4-3-5-8-13/h3-10,12,16-18H,11H2,1-2H3,(H,25,29)(H,24,26,27)/t12-,16?,17?,18-/m0/s1. The van der Waals surface area contributed by atoms with E-state index in [2.05, 4.69) is 32.4 Å². The number of anilines is 1. The third kappa shape index (κ3) is 3.04. The molecule has 0 spiro atoms. The SMILES string of the molecule is C[C@H]1C2c3cccnc3N(C)C(=O)[C@@H](NC(=O)c3n[nH]c(Cc4ccccc4)n3)C21. The number of rotatable bonds is 4. The van der Waals surface area contributed by atoms with Crippen LogP contribution in [0.2, 0.25) is 0 Å². The number of benzene rings is 1. The van der Waals surface area contributed by atoms with Crippen molar-refractivity contribution >= 4 is 17.6 Å². The summed E-state index contributed by atoms with van der Waals surface area (Å²) in [7, 11) is 1.70. The van der Waals surface area contributed by atoms with E-state index < -0.39 is 11.9 Å². The zero-order valence-electron chi connectivity index (χ0n) is 16.7. The number of nitrogens with zero attached hydrogens (tertiary/aromatic N) is 4. The minimum absolute atomic E-state index is 0.0390. The third-order valence-corrected chi connectivity index (χ3v) is 6.16. The van der Waals surface area contributed by atoms with Gasteiger partial charge in [-0.05, 0) is 34.9 Å². The number of fused-ring (bicyclic) bond motifs is 3. The Morgan fingerprint density at radius 3 is 2.80 bits per heavy atom. The first kappa shape index (κ1) is 18.5. The Balaban J connectivity index is 1.35. The Bertz CT molecular complexity index is 1110. The van der Waals surface area contributed by atoms with Gasteiger partial charge in [0.1, 0.15) is 17.7 Å². The molecule has 1 aromatic carbocycles. The lowest BCUT2D eigenvalue weighted by atomic mass is 10.1. The van der Waals surface area contributed by atoms with Crippen molar-refractivity contribution in [2.24, 2.45) is 11.8 Å². The molecule has 5 rings (SSSR count). The molecule has 2 unspecified atom stereocenters. The summed E-state index contributed by atoms with van der Waals surface area (Å²) >= 11 is 0. The molecule has 4 atom stereocenters. The van der Waals surface area contributed by atoms with Gasteiger partial charge in [0.25, 0.3) is 11.8 Å². The van der Waals surface area contributed by atoms with E-state index in [1.165, 1.54) is 4.90 Å². The second kappa shape index (κ2) is 7.05. The van der Waals surface area contributed by atoms with Crippen molar-refractivity contribution in [3.63, 3.8) is 0 Å². The van der Waals surface area contributed by atoms with E-state index in [1.54, 1.807) is 13.2 Å². The van der Waals surface area contributed by atoms with Gasteiger partial charge in [0.2, 0.25) is 5.82 Å². The fourth-order valence-electron chi connectivity index (χ4n) is 4.55. The van der Waals surface area contributed by atoms with E-state index in [4.69, 9.17) is 0 Å². The minimum Gasteiger partial charge on any atom is -0.337 e. The van der Waals surface area contributed by atoms with Gasteiger partial charge >= 0.3 is 0 Å². The summed E-state index contributed by atoms with van der Waals surface area (Å²) in [6, 6.07) is 13.1. The van der Waals surface area contributed by atoms with Crippen LogP contribution in [0.25, 0.3) is 0 Å². The van der Waals surface area contributed by atoms with Crippen LogP contribution in [0.5, 0.6) is 0 Å². The second-order valence-corrected chi connectivity index (χ2v) is 7.99. The van der Waals surface area contributed by atoms with Crippen molar-refractivity contribution in [2.45, 2.75) is 25.3 Å². The summed E-state index contributed by atoms with van der Waals surface area (Å²) in [4.78, 5) is 36.2. The molecule has 3 aromatic rings. The van der Waals surface area contributed by atoms with E-state index in [0.29, 0.717) is 18.1 Å². The molecule has 2 aromatic heterocycles. The van der Waals surface area contributed by atoms with E-state index in [9.17, 15) is 9.59 Å². The van der Waals surface area contributed by atoms with Crippen LogP contribution in [0.4, 0.5) is 5.82 Å². The van der Waals surface area contributed by atoms with Crippen molar-refractivity contribution in [3.8, 4) is 0 Å². The first-order chi connectivity index (χ1) is 14.5. The summed E-state index contributed by atoms with van der Waals surface area (Å²) in [5.74, 6) is 1.23. The molecule has 8 nitrogen and oxygen atoms in total. The molecular weight excluding hydrogens is 380 g/mol. The Kier molecular flexibility index (Phi) is 4.34. The maximum Gasteiger partial charge on any atom is 0.291 e. The van der Waals surface area contributed by atoms with Gasteiger partial charge in [-0.1, -0.05) is 43.3 Å². The Morgan fingerprint density at radius 1 is 1.20 bits per heavy atom. The first-order valence-corrected chi connectivity index (χ1v) is 10.0. The second-order valence-electron chi connectivity index (χ2n) is 7.99. The van der Waals surface area contributed by atoms with Crippen LogP contribution < -0.4 is 10.2 Å². The summed E-state index contributed by atoms with van der Waals surface area (Å²) in [6.07, 6.45) is 2.24. The first-order valence-electron chi connectivity index (χ1n) is 10.0. The molecule has 1 aliphatic heterocycles. The maximum atomic E-state index is 13.1. The summed E-state index contributed by atoms with van der Waals surface area (Å²) in [5.41, 5.74) is 2.13. The van der Waals surface area contributed by atoms with Crippen molar-refractivity contribution in [1.82, 2.24) is 25.5 Å². The number of amides is 2. The van der Waals surface area contributed by atoms with Gasteiger partial charge < -0.3 is 5.32 Å². The lowest BCUT2D eigenvalue weighted by Gasteiger charge is -2.23. The number of hydrogen-bond acceptors (Lipinski definition) is 5. The molecule has 1 aliphatic carbocycles. The van der Waals surface area contributed by atoms with Crippen LogP contribution in [0.1, 0.15) is 40.4 Å². The number of H-pyrrole nitrogens is 1. The van der Waals surface area contributed by atoms with Crippen LogP contribution in [0.15, 0.2) is 48.7 Å². The highest BCUT2D eigenvalue weighted by atomic mass is 16.2. The topological polar surface area (TPSA) is 104 Å². The lowest BCUT2D eigenvalue weighted by molar-refractivity contribution is -0.120. The third-order valence-electron chi connectivity index (χ3n) is 6.16. The molecule has 0 bridgehead atoms. The number of pyridine rings is 1. The highest BCUT2D eigenvalue weighted by molar-refractivity contribution is 6.02. The minimum atomic E-state index is -0.632. The van der Waals surface area contributed by atoms with E-state index in [-0.39, 0.29) is 29.5 Å². The molecule has 0 radical (unpaired) electrons. The Morgan fingerprint density at radius 2 is 2.00 bits per heavy atom. The van der Waals surface area contributed by atoms with Gasteiger partial charge in [-0.25, -0.2) is 9.97 Å². The monoisotopic (exact) mass is 402 g/mol. The van der Waals surface area contributed by atoms with Crippen LogP contribution in [-0.2, 0) is 11.2 Å². The summed E-state index contributed by atoms with van der Waals surface area (Å²) in [6.45, 7) is 2.11. The molecule has 152 valence electrons. The quantitative estimate of drug-likeness (QED) is 0.694. The van der Waals surface area contributed by atoms with Crippen molar-refractivity contribution < 1.29 is 9.59 Å². The summed E-state index contributed by atoms with van der Waals surface area (Å²) in [5, 5.41) is 9.77. The molecule has 30 heavy (non-hydrogen) atoms. The van der Waals surface area contributed by atoms with Gasteiger partial charge in [0.15, 0.2) is 0 Å². The molecule has 1 saturated carbocycles. The van der Waals surface area contributed by atoms with Crippen LogP contribution in [-0.4, -0.2) is 45.1 Å². The van der Waals surface area contributed by atoms with Crippen molar-refractivity contribution in [2.75, 3.05) is 11.9 Å². The molecule has 3 heterocycles. The highest BCUT2D eigenvalue weighted by Crippen LogP contribution is 2.58.